The summed E-state index contributed by atoms with van der Waals surface area (Å²) in [6.07, 6.45) is -7.22. The molecule has 0 fully saturated rings. The highest BCUT2D eigenvalue weighted by atomic mass is 19.4. The zero-order valence-electron chi connectivity index (χ0n) is 9.11. The van der Waals surface area contributed by atoms with Crippen LogP contribution in [0.4, 0.5) is 22.0 Å². The predicted octanol–water partition coefficient (Wildman–Crippen LogP) is 3.40. The molecule has 0 aliphatic carbocycles. The third-order valence-electron chi connectivity index (χ3n) is 2.26. The van der Waals surface area contributed by atoms with E-state index < -0.39 is 23.7 Å². The first kappa shape index (κ1) is 13.9. The lowest BCUT2D eigenvalue weighted by Gasteiger charge is -2.12. The van der Waals surface area contributed by atoms with Crippen molar-refractivity contribution in [3.8, 4) is 0 Å². The van der Waals surface area contributed by atoms with Crippen molar-refractivity contribution >= 4 is 0 Å². The Bertz CT molecular complexity index is 373. The third-order valence-corrected chi connectivity index (χ3v) is 2.26. The summed E-state index contributed by atoms with van der Waals surface area (Å²) >= 11 is 0. The number of benzene rings is 1. The van der Waals surface area contributed by atoms with Crippen molar-refractivity contribution in [3.05, 3.63) is 34.9 Å². The Labute approximate surface area is 95.6 Å². The number of hydrogen-bond acceptors (Lipinski definition) is 1. The van der Waals surface area contributed by atoms with Crippen molar-refractivity contribution in [1.82, 2.24) is 5.32 Å². The highest BCUT2D eigenvalue weighted by Gasteiger charge is 2.31. The molecule has 17 heavy (non-hydrogen) atoms. The van der Waals surface area contributed by atoms with Crippen LogP contribution in [0, 0.1) is 0 Å². The van der Waals surface area contributed by atoms with Crippen molar-refractivity contribution in [2.24, 2.45) is 0 Å². The van der Waals surface area contributed by atoms with Gasteiger partial charge in [0.25, 0.3) is 6.43 Å². The highest BCUT2D eigenvalue weighted by Crippen LogP contribution is 2.33. The highest BCUT2D eigenvalue weighted by molar-refractivity contribution is 5.32. The SMILES string of the molecule is CNCCc1cc(C(F)F)cc(C(F)(F)F)c1. The maximum absolute atomic E-state index is 12.5. The fourth-order valence-corrected chi connectivity index (χ4v) is 1.42. The van der Waals surface area contributed by atoms with E-state index in [9.17, 15) is 22.0 Å². The lowest BCUT2D eigenvalue weighted by Crippen LogP contribution is -2.12. The maximum atomic E-state index is 12.5. The Morgan fingerprint density at radius 3 is 2.29 bits per heavy atom. The molecule has 0 bridgehead atoms. The standard InChI is InChI=1S/C11H12F5N/c1-17-3-2-7-4-8(10(12)13)6-9(5-7)11(14,15)16/h4-6,10,17H,2-3H2,1H3. The molecule has 0 aromatic heterocycles. The molecule has 0 amide bonds. The van der Waals surface area contributed by atoms with Crippen molar-refractivity contribution < 1.29 is 22.0 Å². The van der Waals surface area contributed by atoms with Gasteiger partial charge in [-0.05, 0) is 37.7 Å². The molecule has 96 valence electrons. The van der Waals surface area contributed by atoms with Gasteiger partial charge in [-0.2, -0.15) is 13.2 Å². The van der Waals surface area contributed by atoms with Gasteiger partial charge in [0, 0.05) is 5.56 Å². The molecule has 0 aliphatic rings. The first-order chi connectivity index (χ1) is 7.84. The van der Waals surface area contributed by atoms with E-state index in [1.54, 1.807) is 7.05 Å². The third kappa shape index (κ3) is 3.96. The average molecular weight is 253 g/mol. The fraction of sp³-hybridized carbons (Fsp3) is 0.455. The summed E-state index contributed by atoms with van der Waals surface area (Å²) in [7, 11) is 1.64. The number of likely N-dealkylation sites (N-methyl/N-ethyl adjacent to an activating group) is 1. The fourth-order valence-electron chi connectivity index (χ4n) is 1.42. The second kappa shape index (κ2) is 5.44. The van der Waals surface area contributed by atoms with Gasteiger partial charge in [-0.25, -0.2) is 8.78 Å². The maximum Gasteiger partial charge on any atom is 0.416 e. The van der Waals surface area contributed by atoms with E-state index >= 15 is 0 Å². The Morgan fingerprint density at radius 1 is 1.18 bits per heavy atom. The summed E-state index contributed by atoms with van der Waals surface area (Å²) in [6, 6.07) is 2.51. The second-order valence-corrected chi connectivity index (χ2v) is 3.62. The van der Waals surface area contributed by atoms with Gasteiger partial charge in [0.15, 0.2) is 0 Å². The van der Waals surface area contributed by atoms with E-state index in [1.807, 2.05) is 0 Å². The minimum absolute atomic E-state index is 0.254. The van der Waals surface area contributed by atoms with E-state index in [2.05, 4.69) is 5.32 Å². The zero-order chi connectivity index (χ0) is 13.1. The van der Waals surface area contributed by atoms with Gasteiger partial charge in [-0.1, -0.05) is 6.07 Å². The molecular weight excluding hydrogens is 241 g/mol. The predicted molar refractivity (Wildman–Crippen MR) is 54.0 cm³/mol. The minimum atomic E-state index is -4.60. The van der Waals surface area contributed by atoms with Crippen LogP contribution in [0.3, 0.4) is 0 Å². The Balaban J connectivity index is 3.10. The summed E-state index contributed by atoms with van der Waals surface area (Å²) < 4.78 is 62.3. The van der Waals surface area contributed by atoms with Crippen LogP contribution in [-0.4, -0.2) is 13.6 Å². The van der Waals surface area contributed by atoms with Crippen LogP contribution >= 0.6 is 0 Å². The molecule has 1 N–H and O–H groups in total. The van der Waals surface area contributed by atoms with Crippen LogP contribution in [0.25, 0.3) is 0 Å². The molecule has 0 spiro atoms. The smallest absolute Gasteiger partial charge is 0.319 e. The molecule has 0 radical (unpaired) electrons. The largest absolute Gasteiger partial charge is 0.416 e. The summed E-state index contributed by atoms with van der Waals surface area (Å²) in [6.45, 7) is 0.435. The Morgan fingerprint density at radius 2 is 1.82 bits per heavy atom. The zero-order valence-corrected chi connectivity index (χ0v) is 9.11. The van der Waals surface area contributed by atoms with Crippen LogP contribution in [0.2, 0.25) is 0 Å². The lowest BCUT2D eigenvalue weighted by molar-refractivity contribution is -0.137. The first-order valence-corrected chi connectivity index (χ1v) is 4.98. The quantitative estimate of drug-likeness (QED) is 0.811. The van der Waals surface area contributed by atoms with Crippen LogP contribution in [-0.2, 0) is 12.6 Å². The molecule has 1 aromatic carbocycles. The van der Waals surface area contributed by atoms with Gasteiger partial charge >= 0.3 is 6.18 Å². The molecule has 0 heterocycles. The minimum Gasteiger partial charge on any atom is -0.319 e. The van der Waals surface area contributed by atoms with Gasteiger partial charge in [-0.15, -0.1) is 0 Å². The molecule has 0 aliphatic heterocycles. The Hall–Kier alpha value is -1.17. The molecule has 0 saturated carbocycles. The summed E-state index contributed by atoms with van der Waals surface area (Å²) in [4.78, 5) is 0. The summed E-state index contributed by atoms with van der Waals surface area (Å²) in [5.41, 5.74) is -1.36. The number of halogens is 5. The number of hydrogen-bond donors (Lipinski definition) is 1. The van der Waals surface area contributed by atoms with Crippen LogP contribution in [0.5, 0.6) is 0 Å². The normalized spacial score (nSPS) is 12.2. The van der Waals surface area contributed by atoms with Crippen molar-refractivity contribution in [2.75, 3.05) is 13.6 Å². The van der Waals surface area contributed by atoms with Gasteiger partial charge in [0.2, 0.25) is 0 Å². The van der Waals surface area contributed by atoms with Crippen molar-refractivity contribution in [3.63, 3.8) is 0 Å². The first-order valence-electron chi connectivity index (χ1n) is 4.98. The monoisotopic (exact) mass is 253 g/mol. The van der Waals surface area contributed by atoms with Gasteiger partial charge in [-0.3, -0.25) is 0 Å². The van der Waals surface area contributed by atoms with Crippen LogP contribution < -0.4 is 5.32 Å². The van der Waals surface area contributed by atoms with Gasteiger partial charge < -0.3 is 5.32 Å². The number of nitrogens with one attached hydrogen (secondary N) is 1. The van der Waals surface area contributed by atoms with Crippen molar-refractivity contribution in [1.29, 1.82) is 0 Å². The van der Waals surface area contributed by atoms with E-state index in [0.717, 1.165) is 12.1 Å². The van der Waals surface area contributed by atoms with Crippen LogP contribution in [0.1, 0.15) is 23.1 Å². The van der Waals surface area contributed by atoms with Crippen molar-refractivity contribution in [2.45, 2.75) is 19.0 Å². The van der Waals surface area contributed by atoms with E-state index in [0.29, 0.717) is 12.6 Å². The van der Waals surface area contributed by atoms with Crippen LogP contribution in [0.15, 0.2) is 18.2 Å². The lowest BCUT2D eigenvalue weighted by atomic mass is 10.0. The molecule has 0 atom stereocenters. The molecule has 1 nitrogen and oxygen atoms in total. The van der Waals surface area contributed by atoms with E-state index in [-0.39, 0.29) is 12.0 Å². The second-order valence-electron chi connectivity index (χ2n) is 3.62. The summed E-state index contributed by atoms with van der Waals surface area (Å²) in [5, 5.41) is 2.75. The molecule has 0 saturated heterocycles. The molecule has 6 heteroatoms. The topological polar surface area (TPSA) is 12.0 Å². The molecule has 1 rings (SSSR count). The van der Waals surface area contributed by atoms with Gasteiger partial charge in [0.05, 0.1) is 5.56 Å². The molecule has 1 aromatic rings. The molecular formula is C11H12F5N. The summed E-state index contributed by atoms with van der Waals surface area (Å²) in [5.74, 6) is 0. The Kier molecular flexibility index (Phi) is 4.45. The number of alkyl halides is 5. The van der Waals surface area contributed by atoms with E-state index in [4.69, 9.17) is 0 Å². The number of rotatable bonds is 4. The average Bonchev–Trinajstić information content (AvgIpc) is 2.24. The van der Waals surface area contributed by atoms with E-state index in [1.165, 1.54) is 0 Å². The van der Waals surface area contributed by atoms with Gasteiger partial charge in [0.1, 0.15) is 0 Å². The molecule has 0 unspecified atom stereocenters.